The highest BCUT2D eigenvalue weighted by atomic mass is 35.5. The summed E-state index contributed by atoms with van der Waals surface area (Å²) in [7, 11) is -3.91. The highest BCUT2D eigenvalue weighted by Crippen LogP contribution is 2.32. The Morgan fingerprint density at radius 1 is 1.31 bits per heavy atom. The summed E-state index contributed by atoms with van der Waals surface area (Å²) >= 11 is 7.36. The summed E-state index contributed by atoms with van der Waals surface area (Å²) in [6, 6.07) is 7.32. The Kier molecular flexibility index (Phi) is 5.32. The molecule has 1 aliphatic heterocycles. The summed E-state index contributed by atoms with van der Waals surface area (Å²) in [4.78, 5) is 17.2. The van der Waals surface area contributed by atoms with E-state index in [-0.39, 0.29) is 11.4 Å². The van der Waals surface area contributed by atoms with Crippen LogP contribution in [0.4, 0.5) is 9.52 Å². The summed E-state index contributed by atoms with van der Waals surface area (Å²) in [5.41, 5.74) is 1.64. The highest BCUT2D eigenvalue weighted by molar-refractivity contribution is 7.89. The third-order valence-electron chi connectivity index (χ3n) is 4.81. The fourth-order valence-corrected chi connectivity index (χ4v) is 6.41. The van der Waals surface area contributed by atoms with Gasteiger partial charge >= 0.3 is 0 Å². The first kappa shape index (κ1) is 20.2. The lowest BCUT2D eigenvalue weighted by atomic mass is 10.2. The normalized spacial score (nSPS) is 17.7. The van der Waals surface area contributed by atoms with Crippen LogP contribution in [0, 0.1) is 12.7 Å². The highest BCUT2D eigenvalue weighted by Gasteiger charge is 2.39. The Morgan fingerprint density at radius 3 is 2.76 bits per heavy atom. The van der Waals surface area contributed by atoms with Gasteiger partial charge in [0, 0.05) is 11.6 Å². The lowest BCUT2D eigenvalue weighted by Crippen LogP contribution is -2.43. The van der Waals surface area contributed by atoms with Gasteiger partial charge in [0.15, 0.2) is 5.13 Å². The maximum atomic E-state index is 13.2. The molecule has 1 saturated heterocycles. The molecule has 3 aromatic rings. The summed E-state index contributed by atoms with van der Waals surface area (Å²) in [5, 5.41) is 3.72. The van der Waals surface area contributed by atoms with Gasteiger partial charge in [0.1, 0.15) is 11.9 Å². The Hall–Kier alpha value is -2.07. The molecular formula is C19H17ClFN3O3S2. The van der Waals surface area contributed by atoms with Crippen LogP contribution in [-0.4, -0.2) is 36.2 Å². The SMILES string of the molecule is Cc1cc(Cl)cc2sc(NC(=O)C3CCCN3S(=O)(=O)c3ccc(F)cc3)nc12. The van der Waals surface area contributed by atoms with Gasteiger partial charge in [-0.3, -0.25) is 4.79 Å². The van der Waals surface area contributed by atoms with Crippen molar-refractivity contribution in [1.82, 2.24) is 9.29 Å². The van der Waals surface area contributed by atoms with E-state index < -0.39 is 27.8 Å². The second-order valence-electron chi connectivity index (χ2n) is 6.81. The standard InChI is InChI=1S/C19H17ClFN3O3S2/c1-11-9-12(20)10-16-17(11)22-19(28-16)23-18(25)15-3-2-8-24(15)29(26,27)14-6-4-13(21)5-7-14/h4-7,9-10,15H,2-3,8H2,1H3,(H,22,23,25). The lowest BCUT2D eigenvalue weighted by Gasteiger charge is -2.23. The Balaban J connectivity index is 1.58. The van der Waals surface area contributed by atoms with Gasteiger partial charge in [-0.25, -0.2) is 17.8 Å². The van der Waals surface area contributed by atoms with E-state index in [4.69, 9.17) is 11.6 Å². The first-order valence-electron chi connectivity index (χ1n) is 8.90. The van der Waals surface area contributed by atoms with Gasteiger partial charge in [-0.1, -0.05) is 22.9 Å². The average Bonchev–Trinajstić information content (AvgIpc) is 3.29. The first-order valence-corrected chi connectivity index (χ1v) is 11.5. The maximum Gasteiger partial charge on any atom is 0.244 e. The van der Waals surface area contributed by atoms with Crippen LogP contribution in [-0.2, 0) is 14.8 Å². The molecule has 2 aromatic carbocycles. The minimum Gasteiger partial charge on any atom is -0.301 e. The van der Waals surface area contributed by atoms with Crippen LogP contribution < -0.4 is 5.32 Å². The minimum atomic E-state index is -3.91. The van der Waals surface area contributed by atoms with Crippen LogP contribution in [0.2, 0.25) is 5.02 Å². The van der Waals surface area contributed by atoms with E-state index in [0.29, 0.717) is 23.0 Å². The molecule has 1 N–H and O–H groups in total. The van der Waals surface area contributed by atoms with Gasteiger partial charge in [0.2, 0.25) is 15.9 Å². The van der Waals surface area contributed by atoms with Crippen LogP contribution in [0.25, 0.3) is 10.2 Å². The predicted octanol–water partition coefficient (Wildman–Crippen LogP) is 4.19. The number of fused-ring (bicyclic) bond motifs is 1. The fourth-order valence-electron chi connectivity index (χ4n) is 3.43. The van der Waals surface area contributed by atoms with Gasteiger partial charge < -0.3 is 5.32 Å². The number of halogens is 2. The van der Waals surface area contributed by atoms with Gasteiger partial charge in [-0.15, -0.1) is 0 Å². The molecule has 1 aliphatic rings. The molecule has 10 heteroatoms. The molecule has 0 aliphatic carbocycles. The Labute approximate surface area is 176 Å². The number of hydrogen-bond donors (Lipinski definition) is 1. The second-order valence-corrected chi connectivity index (χ2v) is 10.2. The summed E-state index contributed by atoms with van der Waals surface area (Å²) in [5.74, 6) is -0.957. The number of hydrogen-bond acceptors (Lipinski definition) is 5. The van der Waals surface area contributed by atoms with Crippen LogP contribution >= 0.6 is 22.9 Å². The molecule has 1 amide bonds. The second kappa shape index (κ2) is 7.64. The van der Waals surface area contributed by atoms with Crippen molar-refractivity contribution in [2.24, 2.45) is 0 Å². The number of nitrogens with zero attached hydrogens (tertiary/aromatic N) is 2. The van der Waals surface area contributed by atoms with Crippen molar-refractivity contribution in [1.29, 1.82) is 0 Å². The van der Waals surface area contributed by atoms with Crippen LogP contribution in [0.5, 0.6) is 0 Å². The Morgan fingerprint density at radius 2 is 2.03 bits per heavy atom. The van der Waals surface area contributed by atoms with E-state index in [1.165, 1.54) is 27.8 Å². The quantitative estimate of drug-likeness (QED) is 0.642. The molecule has 0 saturated carbocycles. The number of carbonyl (C=O) groups is 1. The van der Waals surface area contributed by atoms with Crippen molar-refractivity contribution < 1.29 is 17.6 Å². The number of aromatic nitrogens is 1. The zero-order chi connectivity index (χ0) is 20.8. The van der Waals surface area contributed by atoms with Crippen molar-refractivity contribution in [2.75, 3.05) is 11.9 Å². The average molecular weight is 454 g/mol. The molecule has 0 spiro atoms. The van der Waals surface area contributed by atoms with Crippen LogP contribution in [0.3, 0.4) is 0 Å². The number of sulfonamides is 1. The number of rotatable bonds is 4. The molecule has 4 rings (SSSR count). The zero-order valence-corrected chi connectivity index (χ0v) is 17.7. The number of carbonyl (C=O) groups excluding carboxylic acids is 1. The van der Waals surface area contributed by atoms with Crippen molar-refractivity contribution in [3.63, 3.8) is 0 Å². The number of nitrogens with one attached hydrogen (secondary N) is 1. The van der Waals surface area contributed by atoms with Gasteiger partial charge in [0.05, 0.1) is 15.1 Å². The van der Waals surface area contributed by atoms with E-state index in [9.17, 15) is 17.6 Å². The summed E-state index contributed by atoms with van der Waals surface area (Å²) in [6.07, 6.45) is 0.967. The van der Waals surface area contributed by atoms with Crippen LogP contribution in [0.1, 0.15) is 18.4 Å². The van der Waals surface area contributed by atoms with Crippen molar-refractivity contribution in [3.05, 3.63) is 52.8 Å². The summed E-state index contributed by atoms with van der Waals surface area (Å²) < 4.78 is 41.0. The zero-order valence-electron chi connectivity index (χ0n) is 15.4. The molecule has 0 radical (unpaired) electrons. The Bertz CT molecular complexity index is 1200. The van der Waals surface area contributed by atoms with Crippen molar-refractivity contribution in [3.8, 4) is 0 Å². The lowest BCUT2D eigenvalue weighted by molar-refractivity contribution is -0.119. The molecular weight excluding hydrogens is 437 g/mol. The third-order valence-corrected chi connectivity index (χ3v) is 7.87. The van der Waals surface area contributed by atoms with E-state index in [2.05, 4.69) is 10.3 Å². The smallest absolute Gasteiger partial charge is 0.244 e. The van der Waals surface area contributed by atoms with E-state index in [1.807, 2.05) is 6.92 Å². The molecule has 0 bridgehead atoms. The topological polar surface area (TPSA) is 79.4 Å². The first-order chi connectivity index (χ1) is 13.8. The minimum absolute atomic E-state index is 0.0381. The number of aryl methyl sites for hydroxylation is 1. The predicted molar refractivity (Wildman–Crippen MR) is 111 cm³/mol. The van der Waals surface area contributed by atoms with Crippen molar-refractivity contribution >= 4 is 54.2 Å². The van der Waals surface area contributed by atoms with E-state index in [1.54, 1.807) is 12.1 Å². The van der Waals surface area contributed by atoms with Gasteiger partial charge in [0.25, 0.3) is 0 Å². The monoisotopic (exact) mass is 453 g/mol. The van der Waals surface area contributed by atoms with Gasteiger partial charge in [-0.2, -0.15) is 4.31 Å². The molecule has 29 heavy (non-hydrogen) atoms. The number of thiazole rings is 1. The molecule has 2 heterocycles. The number of benzene rings is 2. The molecule has 6 nitrogen and oxygen atoms in total. The van der Waals surface area contributed by atoms with Crippen LogP contribution in [0.15, 0.2) is 41.3 Å². The maximum absolute atomic E-state index is 13.2. The molecule has 1 fully saturated rings. The molecule has 1 atom stereocenters. The number of anilines is 1. The molecule has 152 valence electrons. The molecule has 1 unspecified atom stereocenters. The van der Waals surface area contributed by atoms with Gasteiger partial charge in [-0.05, 0) is 61.7 Å². The fraction of sp³-hybridized carbons (Fsp3) is 0.263. The van der Waals surface area contributed by atoms with Crippen molar-refractivity contribution in [2.45, 2.75) is 30.7 Å². The largest absolute Gasteiger partial charge is 0.301 e. The third kappa shape index (κ3) is 3.87. The summed E-state index contributed by atoms with van der Waals surface area (Å²) in [6.45, 7) is 2.11. The number of amides is 1. The van der Waals surface area contributed by atoms with E-state index >= 15 is 0 Å². The van der Waals surface area contributed by atoms with E-state index in [0.717, 1.165) is 27.9 Å². The molecule has 1 aromatic heterocycles.